The largest absolute Gasteiger partial charge is 0.444 e. The van der Waals surface area contributed by atoms with Gasteiger partial charge in [0.2, 0.25) is 0 Å². The highest BCUT2D eigenvalue weighted by atomic mass is 16.6. The first kappa shape index (κ1) is 15.3. The van der Waals surface area contributed by atoms with Crippen LogP contribution < -0.4 is 0 Å². The van der Waals surface area contributed by atoms with E-state index in [-0.39, 0.29) is 24.1 Å². The Balaban J connectivity index is 2.00. The predicted octanol–water partition coefficient (Wildman–Crippen LogP) is 3.53. The molecule has 2 rings (SSSR count). The molecular formula is C16H27NO3. The van der Waals surface area contributed by atoms with Crippen molar-refractivity contribution < 1.29 is 14.3 Å². The van der Waals surface area contributed by atoms with Gasteiger partial charge in [-0.3, -0.25) is 4.79 Å². The highest BCUT2D eigenvalue weighted by Crippen LogP contribution is 2.40. The minimum absolute atomic E-state index is 0.158. The molecule has 2 saturated heterocycles. The molecule has 2 fully saturated rings. The summed E-state index contributed by atoms with van der Waals surface area (Å²) >= 11 is 0. The topological polar surface area (TPSA) is 46.6 Å². The summed E-state index contributed by atoms with van der Waals surface area (Å²) in [7, 11) is 0. The monoisotopic (exact) mass is 281 g/mol. The van der Waals surface area contributed by atoms with Crippen molar-refractivity contribution in [3.63, 3.8) is 0 Å². The molecule has 2 atom stereocenters. The summed E-state index contributed by atoms with van der Waals surface area (Å²) in [5.41, 5.74) is -0.453. The molecule has 2 bridgehead atoms. The van der Waals surface area contributed by atoms with Gasteiger partial charge in [-0.1, -0.05) is 6.92 Å². The van der Waals surface area contributed by atoms with Crippen molar-refractivity contribution in [3.8, 4) is 0 Å². The maximum atomic E-state index is 12.3. The second kappa shape index (κ2) is 5.74. The van der Waals surface area contributed by atoms with Crippen molar-refractivity contribution in [1.29, 1.82) is 0 Å². The van der Waals surface area contributed by atoms with E-state index in [1.807, 2.05) is 32.6 Å². The van der Waals surface area contributed by atoms with Crippen LogP contribution in [0.1, 0.15) is 66.2 Å². The van der Waals surface area contributed by atoms with Gasteiger partial charge < -0.3 is 9.64 Å². The number of rotatable bonds is 3. The van der Waals surface area contributed by atoms with Gasteiger partial charge in [0, 0.05) is 24.4 Å². The number of amides is 1. The lowest BCUT2D eigenvalue weighted by atomic mass is 9.86. The Morgan fingerprint density at radius 2 is 1.70 bits per heavy atom. The Morgan fingerprint density at radius 3 is 2.15 bits per heavy atom. The van der Waals surface area contributed by atoms with Crippen molar-refractivity contribution in [2.24, 2.45) is 5.92 Å². The normalized spacial score (nSPS) is 29.4. The molecule has 2 unspecified atom stereocenters. The molecule has 1 amide bonds. The summed E-state index contributed by atoms with van der Waals surface area (Å²) in [6.45, 7) is 7.72. The van der Waals surface area contributed by atoms with Crippen LogP contribution in [0.25, 0.3) is 0 Å². The fraction of sp³-hybridized carbons (Fsp3) is 0.875. The number of carbonyl (C=O) groups excluding carboxylic acids is 2. The fourth-order valence-corrected chi connectivity index (χ4v) is 3.50. The number of piperidine rings is 1. The Kier molecular flexibility index (Phi) is 4.40. The molecule has 2 aliphatic heterocycles. The van der Waals surface area contributed by atoms with Gasteiger partial charge in [0.1, 0.15) is 11.4 Å². The molecule has 4 heteroatoms. The Morgan fingerprint density at radius 1 is 1.15 bits per heavy atom. The zero-order valence-corrected chi connectivity index (χ0v) is 13.1. The van der Waals surface area contributed by atoms with Gasteiger partial charge in [0.25, 0.3) is 0 Å². The van der Waals surface area contributed by atoms with E-state index in [1.54, 1.807) is 0 Å². The predicted molar refractivity (Wildman–Crippen MR) is 77.5 cm³/mol. The average molecular weight is 281 g/mol. The molecular weight excluding hydrogens is 254 g/mol. The SMILES string of the molecule is CCCC(=O)C1CC2CCC(C1)N2C(=O)OC(C)(C)C. The lowest BCUT2D eigenvalue weighted by Crippen LogP contribution is -2.49. The van der Waals surface area contributed by atoms with Gasteiger partial charge in [0.05, 0.1) is 0 Å². The van der Waals surface area contributed by atoms with Gasteiger partial charge >= 0.3 is 6.09 Å². The number of nitrogens with zero attached hydrogens (tertiary/aromatic N) is 1. The van der Waals surface area contributed by atoms with Crippen LogP contribution in [0.3, 0.4) is 0 Å². The number of carbonyl (C=O) groups is 2. The molecule has 114 valence electrons. The van der Waals surface area contributed by atoms with Crippen LogP contribution in [-0.4, -0.2) is 34.5 Å². The Labute approximate surface area is 121 Å². The molecule has 0 N–H and O–H groups in total. The summed E-state index contributed by atoms with van der Waals surface area (Å²) in [6.07, 6.45) is 5.08. The third-order valence-corrected chi connectivity index (χ3v) is 4.29. The van der Waals surface area contributed by atoms with E-state index in [1.165, 1.54) is 0 Å². The van der Waals surface area contributed by atoms with Crippen LogP contribution in [0.2, 0.25) is 0 Å². The molecule has 0 aromatic rings. The molecule has 0 aromatic heterocycles. The highest BCUT2D eigenvalue weighted by Gasteiger charge is 2.46. The lowest BCUT2D eigenvalue weighted by molar-refractivity contribution is -0.125. The number of hydrogen-bond acceptors (Lipinski definition) is 3. The van der Waals surface area contributed by atoms with Gasteiger partial charge in [-0.2, -0.15) is 0 Å². The minimum Gasteiger partial charge on any atom is -0.444 e. The van der Waals surface area contributed by atoms with Crippen molar-refractivity contribution in [2.45, 2.75) is 83.9 Å². The summed E-state index contributed by atoms with van der Waals surface area (Å²) in [4.78, 5) is 26.3. The van der Waals surface area contributed by atoms with Crippen molar-refractivity contribution >= 4 is 11.9 Å². The summed E-state index contributed by atoms with van der Waals surface area (Å²) in [5, 5.41) is 0. The number of fused-ring (bicyclic) bond motifs is 2. The maximum Gasteiger partial charge on any atom is 0.410 e. The van der Waals surface area contributed by atoms with E-state index < -0.39 is 5.60 Å². The van der Waals surface area contributed by atoms with Crippen LogP contribution in [0.4, 0.5) is 4.79 Å². The minimum atomic E-state index is -0.453. The third kappa shape index (κ3) is 3.33. The molecule has 0 spiro atoms. The van der Waals surface area contributed by atoms with E-state index >= 15 is 0 Å². The smallest absolute Gasteiger partial charge is 0.410 e. The fourth-order valence-electron chi connectivity index (χ4n) is 3.50. The molecule has 2 heterocycles. The van der Waals surface area contributed by atoms with Crippen LogP contribution in [-0.2, 0) is 9.53 Å². The molecule has 2 aliphatic rings. The summed E-state index contributed by atoms with van der Waals surface area (Å²) < 4.78 is 5.50. The standard InChI is InChI=1S/C16H27NO3/c1-5-6-14(18)11-9-12-7-8-13(10-11)17(12)15(19)20-16(2,3)4/h11-13H,5-10H2,1-4H3. The van der Waals surface area contributed by atoms with Gasteiger partial charge in [-0.05, 0) is 52.9 Å². The van der Waals surface area contributed by atoms with Crippen LogP contribution in [0, 0.1) is 5.92 Å². The van der Waals surface area contributed by atoms with E-state index in [9.17, 15) is 9.59 Å². The molecule has 0 saturated carbocycles. The third-order valence-electron chi connectivity index (χ3n) is 4.29. The number of ketones is 1. The van der Waals surface area contributed by atoms with Gasteiger partial charge in [-0.25, -0.2) is 4.79 Å². The molecule has 0 radical (unpaired) electrons. The van der Waals surface area contributed by atoms with E-state index in [0.29, 0.717) is 12.2 Å². The van der Waals surface area contributed by atoms with Crippen molar-refractivity contribution in [1.82, 2.24) is 4.90 Å². The first-order valence-corrected chi connectivity index (χ1v) is 7.86. The molecule has 4 nitrogen and oxygen atoms in total. The average Bonchev–Trinajstić information content (AvgIpc) is 2.58. The number of hydrogen-bond donors (Lipinski definition) is 0. The van der Waals surface area contributed by atoms with Crippen molar-refractivity contribution in [2.75, 3.05) is 0 Å². The number of Topliss-reactive ketones (excluding diaryl/α,β-unsaturated/α-hetero) is 1. The second-order valence-electron chi connectivity index (χ2n) is 7.16. The van der Waals surface area contributed by atoms with Crippen LogP contribution >= 0.6 is 0 Å². The zero-order valence-electron chi connectivity index (χ0n) is 13.1. The van der Waals surface area contributed by atoms with Gasteiger partial charge in [0.15, 0.2) is 0 Å². The van der Waals surface area contributed by atoms with Crippen molar-refractivity contribution in [3.05, 3.63) is 0 Å². The highest BCUT2D eigenvalue weighted by molar-refractivity contribution is 5.81. The van der Waals surface area contributed by atoms with Crippen LogP contribution in [0.5, 0.6) is 0 Å². The zero-order chi connectivity index (χ0) is 14.9. The second-order valence-corrected chi connectivity index (χ2v) is 7.16. The molecule has 0 aliphatic carbocycles. The van der Waals surface area contributed by atoms with Gasteiger partial charge in [-0.15, -0.1) is 0 Å². The Hall–Kier alpha value is -1.06. The Bertz CT molecular complexity index is 372. The first-order valence-electron chi connectivity index (χ1n) is 7.86. The van der Waals surface area contributed by atoms with E-state index in [2.05, 4.69) is 0 Å². The molecule has 20 heavy (non-hydrogen) atoms. The molecule has 0 aromatic carbocycles. The summed E-state index contributed by atoms with van der Waals surface area (Å²) in [5.74, 6) is 0.541. The summed E-state index contributed by atoms with van der Waals surface area (Å²) in [6, 6.07) is 0.406. The first-order chi connectivity index (χ1) is 9.31. The van der Waals surface area contributed by atoms with E-state index in [4.69, 9.17) is 4.74 Å². The van der Waals surface area contributed by atoms with E-state index in [0.717, 1.165) is 32.1 Å². The number of ether oxygens (including phenoxy) is 1. The quantitative estimate of drug-likeness (QED) is 0.795. The maximum absolute atomic E-state index is 12.3. The van der Waals surface area contributed by atoms with Crippen LogP contribution in [0.15, 0.2) is 0 Å². The lowest BCUT2D eigenvalue weighted by Gasteiger charge is -2.39.